The molecule has 0 spiro atoms. The predicted molar refractivity (Wildman–Crippen MR) is 73.4 cm³/mol. The minimum atomic E-state index is -4.86. The first kappa shape index (κ1) is 20.6. The van der Waals surface area contributed by atoms with Gasteiger partial charge in [0.25, 0.3) is 5.91 Å². The van der Waals surface area contributed by atoms with Gasteiger partial charge in [-0.05, 0) is 6.92 Å². The normalized spacial score (nSPS) is 20.3. The van der Waals surface area contributed by atoms with E-state index in [0.717, 1.165) is 11.3 Å². The molecule has 1 saturated heterocycles. The molecule has 0 bridgehead atoms. The Morgan fingerprint density at radius 3 is 2.74 bits per heavy atom. The molecule has 2 rings (SSSR count). The Balaban J connectivity index is 0.00000264. The third-order valence-electron chi connectivity index (χ3n) is 2.97. The van der Waals surface area contributed by atoms with Gasteiger partial charge in [0.2, 0.25) is 12.3 Å². The number of hydrogen-bond acceptors (Lipinski definition) is 8. The molecular weight excluding hydrogens is 375 g/mol. The van der Waals surface area contributed by atoms with Crippen molar-refractivity contribution in [3.8, 4) is 0 Å². The smallest absolute Gasteiger partial charge is 0.731 e. The van der Waals surface area contributed by atoms with E-state index in [0.29, 0.717) is 17.2 Å². The average Bonchev–Trinajstić information content (AvgIpc) is 2.82. The molecule has 23 heavy (non-hydrogen) atoms. The molecule has 0 saturated carbocycles. The fraction of sp³-hybridized carbons (Fsp3) is 0.400. The number of nitrogens with zero attached hydrogens (tertiary/aromatic N) is 2. The minimum absolute atomic E-state index is 0. The number of amides is 3. The maximum absolute atomic E-state index is 11.8. The van der Waals surface area contributed by atoms with E-state index in [4.69, 9.17) is 0 Å². The third kappa shape index (κ3) is 4.79. The molecule has 0 unspecified atom stereocenters. The van der Waals surface area contributed by atoms with E-state index >= 15 is 0 Å². The van der Waals surface area contributed by atoms with Gasteiger partial charge in [0.15, 0.2) is 15.4 Å². The van der Waals surface area contributed by atoms with Gasteiger partial charge in [-0.15, -0.1) is 11.3 Å². The molecule has 3 amide bonds. The van der Waals surface area contributed by atoms with Crippen LogP contribution in [0.2, 0.25) is 0 Å². The van der Waals surface area contributed by atoms with Crippen LogP contribution in [0.3, 0.4) is 0 Å². The molecule has 1 aliphatic rings. The molecule has 2 atom stereocenters. The number of carbonyl (C=O) groups is 3. The van der Waals surface area contributed by atoms with Gasteiger partial charge < -0.3 is 15.2 Å². The molecule has 13 heteroatoms. The molecule has 2 heterocycles. The number of carbonyl (C=O) groups excluding carboxylic acids is 3. The van der Waals surface area contributed by atoms with Crippen molar-refractivity contribution in [3.05, 3.63) is 11.1 Å². The van der Waals surface area contributed by atoms with Crippen molar-refractivity contribution >= 4 is 45.0 Å². The number of hydrogen-bond donors (Lipinski definition) is 2. The second-order valence-electron chi connectivity index (χ2n) is 4.46. The van der Waals surface area contributed by atoms with Crippen LogP contribution >= 0.6 is 11.3 Å². The first-order chi connectivity index (χ1) is 10.2. The van der Waals surface area contributed by atoms with Crippen molar-refractivity contribution in [3.63, 3.8) is 0 Å². The van der Waals surface area contributed by atoms with E-state index < -0.39 is 34.2 Å². The Labute approximate surface area is 178 Å². The van der Waals surface area contributed by atoms with Crippen LogP contribution in [0, 0.1) is 0 Å². The van der Waals surface area contributed by atoms with Gasteiger partial charge in [-0.1, -0.05) is 0 Å². The summed E-state index contributed by atoms with van der Waals surface area (Å²) in [5.41, 5.74) is 0.388. The molecule has 0 aromatic carbocycles. The zero-order valence-corrected chi connectivity index (χ0v) is 16.9. The van der Waals surface area contributed by atoms with Crippen LogP contribution in [-0.2, 0) is 31.1 Å². The fourth-order valence-corrected chi connectivity index (χ4v) is 3.52. The Morgan fingerprint density at radius 2 is 2.22 bits per heavy atom. The first-order valence-corrected chi connectivity index (χ1v) is 8.21. The molecule has 0 radical (unpaired) electrons. The Morgan fingerprint density at radius 1 is 1.57 bits per heavy atom. The second kappa shape index (κ2) is 8.11. The van der Waals surface area contributed by atoms with E-state index in [2.05, 4.69) is 15.6 Å². The molecule has 0 aliphatic carbocycles. The molecular formula is C10H11KN4O6S2. The zero-order chi connectivity index (χ0) is 16.5. The van der Waals surface area contributed by atoms with E-state index in [1.165, 1.54) is 6.92 Å². The maximum atomic E-state index is 11.8. The van der Waals surface area contributed by atoms with Crippen LogP contribution in [0.5, 0.6) is 0 Å². The number of anilines is 1. The van der Waals surface area contributed by atoms with Gasteiger partial charge in [-0.25, -0.2) is 17.7 Å². The summed E-state index contributed by atoms with van der Waals surface area (Å²) in [6.07, 6.45) is 0.313. The average molecular weight is 386 g/mol. The molecule has 1 aromatic rings. The second-order valence-corrected chi connectivity index (χ2v) is 6.57. The van der Waals surface area contributed by atoms with Gasteiger partial charge in [-0.2, -0.15) is 0 Å². The largest absolute Gasteiger partial charge is 1.00 e. The van der Waals surface area contributed by atoms with Gasteiger partial charge >= 0.3 is 51.4 Å². The van der Waals surface area contributed by atoms with Crippen LogP contribution in [0.25, 0.3) is 0 Å². The fourth-order valence-electron chi connectivity index (χ4n) is 1.99. The summed E-state index contributed by atoms with van der Waals surface area (Å²) < 4.78 is 32.6. The monoisotopic (exact) mass is 386 g/mol. The van der Waals surface area contributed by atoms with Gasteiger partial charge in [-0.3, -0.25) is 14.4 Å². The number of β-lactam (4-membered cyclic amide) rings is 1. The van der Waals surface area contributed by atoms with Crippen molar-refractivity contribution < 1.29 is 78.7 Å². The van der Waals surface area contributed by atoms with E-state index in [1.807, 2.05) is 0 Å². The van der Waals surface area contributed by atoms with Crippen LogP contribution in [-0.4, -0.2) is 52.6 Å². The Bertz CT molecular complexity index is 721. The number of rotatable bonds is 6. The van der Waals surface area contributed by atoms with Crippen LogP contribution in [0.4, 0.5) is 5.13 Å². The van der Waals surface area contributed by atoms with E-state index in [9.17, 15) is 27.4 Å². The van der Waals surface area contributed by atoms with Gasteiger partial charge in [0, 0.05) is 5.38 Å². The van der Waals surface area contributed by atoms with Crippen molar-refractivity contribution in [1.29, 1.82) is 0 Å². The van der Waals surface area contributed by atoms with Crippen LogP contribution in [0.1, 0.15) is 12.6 Å². The Hall–Kier alpha value is -0.414. The number of nitrogens with one attached hydrogen (secondary N) is 2. The molecule has 2 N–H and O–H groups in total. The molecule has 1 fully saturated rings. The molecule has 1 aromatic heterocycles. The topological polar surface area (TPSA) is 149 Å². The SMILES string of the molecule is C[C@H]1[C@H](NC(=O)Cc2csc(NC=O)n2)C(=O)N1S(=O)(=O)[O-].[K+]. The third-order valence-corrected chi connectivity index (χ3v) is 4.79. The number of thiazole rings is 1. The summed E-state index contributed by atoms with van der Waals surface area (Å²) in [4.78, 5) is 37.6. The number of aromatic nitrogens is 1. The maximum Gasteiger partial charge on any atom is 1.00 e. The van der Waals surface area contributed by atoms with E-state index in [-0.39, 0.29) is 62.1 Å². The quantitative estimate of drug-likeness (QED) is 0.216. The van der Waals surface area contributed by atoms with Crippen LogP contribution in [0.15, 0.2) is 5.38 Å². The zero-order valence-electron chi connectivity index (χ0n) is 12.2. The van der Waals surface area contributed by atoms with Gasteiger partial charge in [0.05, 0.1) is 18.2 Å². The summed E-state index contributed by atoms with van der Waals surface area (Å²) in [6, 6.07) is -1.98. The van der Waals surface area contributed by atoms with Crippen LogP contribution < -0.4 is 62.0 Å². The molecule has 1 aliphatic heterocycles. The van der Waals surface area contributed by atoms with Crippen molar-refractivity contribution in [2.45, 2.75) is 25.4 Å². The summed E-state index contributed by atoms with van der Waals surface area (Å²) in [5.74, 6) is -1.51. The standard InChI is InChI=1S/C10H12N4O6S2.K/c1-5-8(9(17)14(5)22(18,19)20)13-7(16)2-6-3-21-10(12-6)11-4-15;/h3-5,8H,2H2,1H3,(H,13,16)(H,11,12,15)(H,18,19,20);/q;+1/p-1/t5-,8-;/m0./s1. The van der Waals surface area contributed by atoms with Crippen molar-refractivity contribution in [1.82, 2.24) is 14.6 Å². The predicted octanol–water partition coefficient (Wildman–Crippen LogP) is -4.57. The Kier molecular flexibility index (Phi) is 7.27. The molecule has 120 valence electrons. The first-order valence-electron chi connectivity index (χ1n) is 5.97. The summed E-state index contributed by atoms with van der Waals surface area (Å²) >= 11 is 1.13. The molecule has 10 nitrogen and oxygen atoms in total. The summed E-state index contributed by atoms with van der Waals surface area (Å²) in [7, 11) is -4.86. The summed E-state index contributed by atoms with van der Waals surface area (Å²) in [6.45, 7) is 1.34. The minimum Gasteiger partial charge on any atom is -0.731 e. The van der Waals surface area contributed by atoms with Crippen molar-refractivity contribution in [2.75, 3.05) is 5.32 Å². The summed E-state index contributed by atoms with van der Waals surface area (Å²) in [5, 5.41) is 6.57. The van der Waals surface area contributed by atoms with Gasteiger partial charge in [0.1, 0.15) is 6.04 Å². The van der Waals surface area contributed by atoms with E-state index in [1.54, 1.807) is 5.38 Å². The van der Waals surface area contributed by atoms with Crippen molar-refractivity contribution in [2.24, 2.45) is 0 Å².